The summed E-state index contributed by atoms with van der Waals surface area (Å²) in [6.07, 6.45) is -2.58. The molecular weight excluding hydrogens is 437 g/mol. The summed E-state index contributed by atoms with van der Waals surface area (Å²) in [5.74, 6) is 0. The Balaban J connectivity index is 1.46. The van der Waals surface area contributed by atoms with Gasteiger partial charge in [0.05, 0.1) is 24.9 Å². The van der Waals surface area contributed by atoms with Crippen molar-refractivity contribution in [1.29, 1.82) is 0 Å². The molecule has 0 atom stereocenters. The Morgan fingerprint density at radius 2 is 1.59 bits per heavy atom. The third-order valence-electron chi connectivity index (χ3n) is 5.71. The number of anilines is 1. The number of hydrogen-bond donors (Lipinski definition) is 0. The third-order valence-corrected chi connectivity index (χ3v) is 5.96. The molecule has 0 bridgehead atoms. The molecule has 8 heteroatoms. The predicted octanol–water partition coefficient (Wildman–Crippen LogP) is 5.92. The Morgan fingerprint density at radius 3 is 2.25 bits per heavy atom. The Kier molecular flexibility index (Phi) is 6.20. The molecular formula is C24H24ClF3N4. The number of rotatable bonds is 4. The molecule has 168 valence electrons. The first-order valence-electron chi connectivity index (χ1n) is 10.4. The van der Waals surface area contributed by atoms with Crippen LogP contribution in [-0.4, -0.2) is 42.0 Å². The second kappa shape index (κ2) is 8.90. The molecule has 3 aromatic rings. The zero-order valence-corrected chi connectivity index (χ0v) is 18.7. The van der Waals surface area contributed by atoms with Gasteiger partial charge in [-0.1, -0.05) is 17.7 Å². The molecule has 1 saturated heterocycles. The van der Waals surface area contributed by atoms with Crippen molar-refractivity contribution >= 4 is 23.5 Å². The quantitative estimate of drug-likeness (QED) is 0.451. The molecule has 0 aliphatic carbocycles. The topological polar surface area (TPSA) is 23.8 Å². The van der Waals surface area contributed by atoms with Gasteiger partial charge in [0.25, 0.3) is 0 Å². The minimum atomic E-state index is -4.37. The summed E-state index contributed by atoms with van der Waals surface area (Å²) >= 11 is 5.97. The van der Waals surface area contributed by atoms with Crippen molar-refractivity contribution in [1.82, 2.24) is 9.58 Å². The summed E-state index contributed by atoms with van der Waals surface area (Å²) < 4.78 is 41.2. The summed E-state index contributed by atoms with van der Waals surface area (Å²) in [7, 11) is 0. The largest absolute Gasteiger partial charge is 0.416 e. The number of aryl methyl sites for hydroxylation is 1. The number of benzene rings is 2. The van der Waals surface area contributed by atoms with Gasteiger partial charge in [-0.25, -0.2) is 0 Å². The molecule has 1 aromatic heterocycles. The van der Waals surface area contributed by atoms with E-state index in [4.69, 9.17) is 11.6 Å². The van der Waals surface area contributed by atoms with Gasteiger partial charge >= 0.3 is 6.18 Å². The van der Waals surface area contributed by atoms with Crippen molar-refractivity contribution in [2.24, 2.45) is 5.10 Å². The van der Waals surface area contributed by atoms with Crippen LogP contribution in [-0.2, 0) is 6.18 Å². The number of halogens is 4. The standard InChI is InChI=1S/C24H24ClF3N4/c1-17-14-19(18(2)32(17)23-5-3-4-20(15-23)24(26,27)28)16-29-31-12-10-30(11-13-31)22-8-6-21(25)7-9-22/h3-9,14-16H,10-13H2,1-2H3. The van der Waals surface area contributed by atoms with Gasteiger partial charge in [0.2, 0.25) is 0 Å². The van der Waals surface area contributed by atoms with E-state index in [1.54, 1.807) is 12.3 Å². The lowest BCUT2D eigenvalue weighted by Gasteiger charge is -2.34. The average Bonchev–Trinajstić information content (AvgIpc) is 3.06. The molecule has 0 radical (unpaired) electrons. The van der Waals surface area contributed by atoms with Gasteiger partial charge in [-0.3, -0.25) is 5.01 Å². The van der Waals surface area contributed by atoms with E-state index in [0.29, 0.717) is 5.69 Å². The van der Waals surface area contributed by atoms with Crippen molar-refractivity contribution in [3.63, 3.8) is 0 Å². The van der Waals surface area contributed by atoms with Gasteiger partial charge in [0, 0.05) is 46.4 Å². The van der Waals surface area contributed by atoms with Crippen molar-refractivity contribution in [2.45, 2.75) is 20.0 Å². The van der Waals surface area contributed by atoms with Crippen molar-refractivity contribution in [2.75, 3.05) is 31.1 Å². The number of hydrazone groups is 1. The summed E-state index contributed by atoms with van der Waals surface area (Å²) in [6, 6.07) is 15.2. The van der Waals surface area contributed by atoms with E-state index < -0.39 is 11.7 Å². The monoisotopic (exact) mass is 460 g/mol. The Bertz CT molecular complexity index is 1110. The SMILES string of the molecule is Cc1cc(C=NN2CCN(c3ccc(Cl)cc3)CC2)c(C)n1-c1cccc(C(F)(F)F)c1. The highest BCUT2D eigenvalue weighted by molar-refractivity contribution is 6.30. The smallest absolute Gasteiger partial charge is 0.368 e. The highest BCUT2D eigenvalue weighted by Gasteiger charge is 2.30. The van der Waals surface area contributed by atoms with E-state index in [9.17, 15) is 13.2 Å². The number of alkyl halides is 3. The van der Waals surface area contributed by atoms with Crippen LogP contribution in [0, 0.1) is 13.8 Å². The lowest BCUT2D eigenvalue weighted by atomic mass is 10.2. The van der Waals surface area contributed by atoms with Crippen LogP contribution in [0.4, 0.5) is 18.9 Å². The Morgan fingerprint density at radius 1 is 0.906 bits per heavy atom. The van der Waals surface area contributed by atoms with Crippen LogP contribution in [0.5, 0.6) is 0 Å². The maximum atomic E-state index is 13.1. The summed E-state index contributed by atoms with van der Waals surface area (Å²) in [5, 5.41) is 7.37. The molecule has 2 aromatic carbocycles. The number of hydrogen-bond acceptors (Lipinski definition) is 3. The molecule has 4 nitrogen and oxygen atoms in total. The van der Waals surface area contributed by atoms with Gasteiger partial charge in [-0.2, -0.15) is 18.3 Å². The van der Waals surface area contributed by atoms with Gasteiger partial charge < -0.3 is 9.47 Å². The first-order chi connectivity index (χ1) is 15.2. The molecule has 4 rings (SSSR count). The zero-order valence-electron chi connectivity index (χ0n) is 17.9. The zero-order chi connectivity index (χ0) is 22.9. The minimum Gasteiger partial charge on any atom is -0.368 e. The first kappa shape index (κ1) is 22.3. The van der Waals surface area contributed by atoms with E-state index in [2.05, 4.69) is 10.0 Å². The van der Waals surface area contributed by atoms with Crippen LogP contribution in [0.1, 0.15) is 22.5 Å². The van der Waals surface area contributed by atoms with Crippen molar-refractivity contribution in [3.8, 4) is 5.69 Å². The van der Waals surface area contributed by atoms with Crippen LogP contribution < -0.4 is 4.90 Å². The molecule has 1 aliphatic heterocycles. The normalized spacial score (nSPS) is 15.1. The van der Waals surface area contributed by atoms with Crippen LogP contribution >= 0.6 is 11.6 Å². The molecule has 0 N–H and O–H groups in total. The fourth-order valence-electron chi connectivity index (χ4n) is 4.00. The van der Waals surface area contributed by atoms with E-state index in [0.717, 1.165) is 59.9 Å². The lowest BCUT2D eigenvalue weighted by Crippen LogP contribution is -2.44. The van der Waals surface area contributed by atoms with E-state index in [1.165, 1.54) is 12.1 Å². The average molecular weight is 461 g/mol. The van der Waals surface area contributed by atoms with Crippen molar-refractivity contribution < 1.29 is 13.2 Å². The highest BCUT2D eigenvalue weighted by Crippen LogP contribution is 2.31. The predicted molar refractivity (Wildman–Crippen MR) is 123 cm³/mol. The molecule has 1 fully saturated rings. The summed E-state index contributed by atoms with van der Waals surface area (Å²) in [5.41, 5.74) is 3.58. The molecule has 0 saturated carbocycles. The van der Waals surface area contributed by atoms with E-state index in [1.807, 2.05) is 53.8 Å². The molecule has 2 heterocycles. The van der Waals surface area contributed by atoms with Crippen LogP contribution in [0.25, 0.3) is 5.69 Å². The molecule has 1 aliphatic rings. The van der Waals surface area contributed by atoms with Crippen LogP contribution in [0.15, 0.2) is 59.7 Å². The molecule has 32 heavy (non-hydrogen) atoms. The molecule has 0 unspecified atom stereocenters. The fourth-order valence-corrected chi connectivity index (χ4v) is 4.13. The maximum Gasteiger partial charge on any atom is 0.416 e. The molecule has 0 amide bonds. The number of piperazine rings is 1. The Hall–Kier alpha value is -2.93. The Labute approximate surface area is 190 Å². The number of aromatic nitrogens is 1. The van der Waals surface area contributed by atoms with Gasteiger partial charge in [-0.05, 0) is 62.4 Å². The summed E-state index contributed by atoms with van der Waals surface area (Å²) in [6.45, 7) is 7.05. The van der Waals surface area contributed by atoms with Gasteiger partial charge in [0.1, 0.15) is 0 Å². The second-order valence-corrected chi connectivity index (χ2v) is 8.31. The van der Waals surface area contributed by atoms with Crippen LogP contribution in [0.2, 0.25) is 5.02 Å². The summed E-state index contributed by atoms with van der Waals surface area (Å²) in [4.78, 5) is 2.29. The van der Waals surface area contributed by atoms with Crippen molar-refractivity contribution in [3.05, 3.63) is 82.1 Å². The van der Waals surface area contributed by atoms with E-state index >= 15 is 0 Å². The van der Waals surface area contributed by atoms with Crippen LogP contribution in [0.3, 0.4) is 0 Å². The van der Waals surface area contributed by atoms with Gasteiger partial charge in [0.15, 0.2) is 0 Å². The minimum absolute atomic E-state index is 0.492. The molecule has 0 spiro atoms. The number of nitrogens with zero attached hydrogens (tertiary/aromatic N) is 4. The third kappa shape index (κ3) is 4.78. The fraction of sp³-hybridized carbons (Fsp3) is 0.292. The van der Waals surface area contributed by atoms with Gasteiger partial charge in [-0.15, -0.1) is 0 Å². The first-order valence-corrected chi connectivity index (χ1v) is 10.8. The second-order valence-electron chi connectivity index (χ2n) is 7.87. The lowest BCUT2D eigenvalue weighted by molar-refractivity contribution is -0.137. The van der Waals surface area contributed by atoms with E-state index in [-0.39, 0.29) is 0 Å². The highest BCUT2D eigenvalue weighted by atomic mass is 35.5. The maximum absolute atomic E-state index is 13.1.